The molecule has 0 aliphatic carbocycles. The van der Waals surface area contributed by atoms with Crippen LogP contribution in [0.4, 0.5) is 5.69 Å². The Hall–Kier alpha value is -2.89. The van der Waals surface area contributed by atoms with Gasteiger partial charge in [-0.05, 0) is 44.9 Å². The fraction of sp³-hybridized carbons (Fsp3) is 0.278. The van der Waals surface area contributed by atoms with Crippen LogP contribution < -0.4 is 5.32 Å². The minimum absolute atomic E-state index is 0.0633. The first kappa shape index (κ1) is 16.0. The van der Waals surface area contributed by atoms with Crippen LogP contribution in [0.25, 0.3) is 5.65 Å². The number of nitrogens with one attached hydrogen (secondary N) is 1. The highest BCUT2D eigenvalue weighted by atomic mass is 16.3. The van der Waals surface area contributed by atoms with E-state index < -0.39 is 0 Å². The summed E-state index contributed by atoms with van der Waals surface area (Å²) in [6.07, 6.45) is 0.877. The lowest BCUT2D eigenvalue weighted by Gasteiger charge is -2.11. The van der Waals surface area contributed by atoms with E-state index in [0.29, 0.717) is 18.5 Å². The van der Waals surface area contributed by atoms with E-state index in [4.69, 9.17) is 0 Å². The highest BCUT2D eigenvalue weighted by molar-refractivity contribution is 5.92. The first-order valence-corrected chi connectivity index (χ1v) is 7.86. The minimum Gasteiger partial charge on any atom is -0.506 e. The number of amides is 1. The molecule has 1 aromatic carbocycles. The van der Waals surface area contributed by atoms with Crippen LogP contribution >= 0.6 is 0 Å². The largest absolute Gasteiger partial charge is 0.506 e. The first-order chi connectivity index (χ1) is 11.5. The Morgan fingerprint density at radius 1 is 1.25 bits per heavy atom. The summed E-state index contributed by atoms with van der Waals surface area (Å²) in [5.74, 6) is -0.0830. The van der Waals surface area contributed by atoms with Crippen LogP contribution in [0, 0.1) is 20.8 Å². The van der Waals surface area contributed by atoms with Gasteiger partial charge in [-0.3, -0.25) is 4.79 Å². The van der Waals surface area contributed by atoms with Gasteiger partial charge in [-0.25, -0.2) is 9.50 Å². The maximum Gasteiger partial charge on any atom is 0.224 e. The fourth-order valence-corrected chi connectivity index (χ4v) is 2.83. The number of carbonyl (C=O) groups is 1. The summed E-state index contributed by atoms with van der Waals surface area (Å²) < 4.78 is 1.82. The Kier molecular flexibility index (Phi) is 4.20. The number of aromatic hydroxyl groups is 1. The molecule has 24 heavy (non-hydrogen) atoms. The predicted octanol–water partition coefficient (Wildman–Crippen LogP) is 2.93. The average molecular weight is 324 g/mol. The highest BCUT2D eigenvalue weighted by Gasteiger charge is 2.13. The van der Waals surface area contributed by atoms with E-state index in [-0.39, 0.29) is 11.7 Å². The number of phenols is 1. The van der Waals surface area contributed by atoms with Gasteiger partial charge in [0, 0.05) is 23.9 Å². The lowest BCUT2D eigenvalue weighted by atomic mass is 10.1. The summed E-state index contributed by atoms with van der Waals surface area (Å²) in [5, 5.41) is 16.9. The van der Waals surface area contributed by atoms with Crippen LogP contribution in [-0.4, -0.2) is 25.6 Å². The van der Waals surface area contributed by atoms with Gasteiger partial charge in [0.2, 0.25) is 5.91 Å². The van der Waals surface area contributed by atoms with Crippen LogP contribution in [0.15, 0.2) is 30.3 Å². The van der Waals surface area contributed by atoms with Crippen LogP contribution in [0.2, 0.25) is 0 Å². The normalized spacial score (nSPS) is 11.0. The maximum absolute atomic E-state index is 12.2. The number of nitrogens with zero attached hydrogens (tertiary/aromatic N) is 3. The van der Waals surface area contributed by atoms with Crippen LogP contribution in [0.3, 0.4) is 0 Å². The molecule has 0 atom stereocenters. The van der Waals surface area contributed by atoms with Gasteiger partial charge in [0.1, 0.15) is 5.75 Å². The highest BCUT2D eigenvalue weighted by Crippen LogP contribution is 2.22. The van der Waals surface area contributed by atoms with Gasteiger partial charge in [-0.1, -0.05) is 12.1 Å². The zero-order valence-corrected chi connectivity index (χ0v) is 14.0. The smallest absolute Gasteiger partial charge is 0.224 e. The summed E-state index contributed by atoms with van der Waals surface area (Å²) in [6.45, 7) is 5.87. The molecule has 2 heterocycles. The third-order valence-corrected chi connectivity index (χ3v) is 4.07. The number of aromatic nitrogens is 3. The second kappa shape index (κ2) is 6.31. The van der Waals surface area contributed by atoms with Gasteiger partial charge < -0.3 is 10.4 Å². The monoisotopic (exact) mass is 324 g/mol. The number of hydrogen-bond donors (Lipinski definition) is 2. The third kappa shape index (κ3) is 3.08. The molecule has 0 unspecified atom stereocenters. The van der Waals surface area contributed by atoms with Crippen molar-refractivity contribution in [3.8, 4) is 5.75 Å². The predicted molar refractivity (Wildman–Crippen MR) is 92.3 cm³/mol. The number of phenolic OH excluding ortho intramolecular Hbond substituents is 1. The summed E-state index contributed by atoms with van der Waals surface area (Å²) in [6, 6.07) is 8.63. The second-order valence-corrected chi connectivity index (χ2v) is 5.88. The molecule has 0 aliphatic heterocycles. The molecular weight excluding hydrogens is 304 g/mol. The van der Waals surface area contributed by atoms with Crippen molar-refractivity contribution >= 4 is 17.2 Å². The van der Waals surface area contributed by atoms with E-state index in [2.05, 4.69) is 15.4 Å². The molecule has 0 aliphatic rings. The van der Waals surface area contributed by atoms with E-state index in [1.165, 1.54) is 0 Å². The summed E-state index contributed by atoms with van der Waals surface area (Å²) >= 11 is 0. The number of aryl methyl sites for hydroxylation is 3. The topological polar surface area (TPSA) is 79.5 Å². The standard InChI is InChI=1S/C18H20N4O2/c1-11-10-17-19-12(2)14(13(3)22(17)21-11)8-9-18(24)20-15-6-4-5-7-16(15)23/h4-7,10,23H,8-9H2,1-3H3,(H,20,24). The molecule has 2 N–H and O–H groups in total. The molecule has 0 spiro atoms. The maximum atomic E-state index is 12.2. The molecule has 6 heteroatoms. The van der Waals surface area contributed by atoms with Crippen LogP contribution in [0.1, 0.15) is 29.1 Å². The van der Waals surface area contributed by atoms with E-state index in [9.17, 15) is 9.90 Å². The summed E-state index contributed by atoms with van der Waals surface area (Å²) in [7, 11) is 0. The van der Waals surface area contributed by atoms with Crippen molar-refractivity contribution in [3.63, 3.8) is 0 Å². The molecule has 0 fully saturated rings. The van der Waals surface area contributed by atoms with E-state index in [1.54, 1.807) is 24.3 Å². The van der Waals surface area contributed by atoms with Gasteiger partial charge in [0.15, 0.2) is 5.65 Å². The van der Waals surface area contributed by atoms with Gasteiger partial charge >= 0.3 is 0 Å². The Balaban J connectivity index is 1.76. The molecule has 0 saturated heterocycles. The molecule has 6 nitrogen and oxygen atoms in total. The average Bonchev–Trinajstić information content (AvgIpc) is 2.90. The zero-order chi connectivity index (χ0) is 17.3. The van der Waals surface area contributed by atoms with Crippen molar-refractivity contribution in [3.05, 3.63) is 53.0 Å². The number of para-hydroxylation sites is 2. The lowest BCUT2D eigenvalue weighted by molar-refractivity contribution is -0.116. The number of fused-ring (bicyclic) bond motifs is 1. The van der Waals surface area contributed by atoms with Gasteiger partial charge in [0.05, 0.1) is 11.4 Å². The molecule has 2 aromatic heterocycles. The summed E-state index contributed by atoms with van der Waals surface area (Å²) in [4.78, 5) is 16.7. The molecule has 124 valence electrons. The Bertz CT molecular complexity index is 915. The number of rotatable bonds is 4. The minimum atomic E-state index is -0.146. The fourth-order valence-electron chi connectivity index (χ4n) is 2.83. The van der Waals surface area contributed by atoms with Crippen molar-refractivity contribution in [2.45, 2.75) is 33.6 Å². The number of benzene rings is 1. The Morgan fingerprint density at radius 3 is 2.75 bits per heavy atom. The SMILES string of the molecule is Cc1cc2nc(C)c(CCC(=O)Nc3ccccc3O)c(C)n2n1. The van der Waals surface area contributed by atoms with Gasteiger partial charge in [-0.2, -0.15) is 5.10 Å². The summed E-state index contributed by atoms with van der Waals surface area (Å²) in [5.41, 5.74) is 5.10. The van der Waals surface area contributed by atoms with Crippen molar-refractivity contribution < 1.29 is 9.90 Å². The first-order valence-electron chi connectivity index (χ1n) is 7.86. The zero-order valence-electron chi connectivity index (χ0n) is 14.0. The van der Waals surface area contributed by atoms with E-state index in [1.807, 2.05) is 31.4 Å². The van der Waals surface area contributed by atoms with Crippen LogP contribution in [-0.2, 0) is 11.2 Å². The molecule has 0 saturated carbocycles. The molecule has 0 radical (unpaired) electrons. The quantitative estimate of drug-likeness (QED) is 0.723. The van der Waals surface area contributed by atoms with Crippen molar-refractivity contribution in [2.75, 3.05) is 5.32 Å². The van der Waals surface area contributed by atoms with Crippen molar-refractivity contribution in [1.29, 1.82) is 0 Å². The lowest BCUT2D eigenvalue weighted by Crippen LogP contribution is -2.14. The third-order valence-electron chi connectivity index (χ3n) is 4.07. The molecule has 1 amide bonds. The van der Waals surface area contributed by atoms with Crippen molar-refractivity contribution in [1.82, 2.24) is 14.6 Å². The van der Waals surface area contributed by atoms with E-state index in [0.717, 1.165) is 28.3 Å². The van der Waals surface area contributed by atoms with Gasteiger partial charge in [-0.15, -0.1) is 0 Å². The number of hydrogen-bond acceptors (Lipinski definition) is 4. The van der Waals surface area contributed by atoms with Crippen molar-refractivity contribution in [2.24, 2.45) is 0 Å². The van der Waals surface area contributed by atoms with E-state index >= 15 is 0 Å². The van der Waals surface area contributed by atoms with Crippen LogP contribution in [0.5, 0.6) is 5.75 Å². The Morgan fingerprint density at radius 2 is 2.00 bits per heavy atom. The van der Waals surface area contributed by atoms with Gasteiger partial charge in [0.25, 0.3) is 0 Å². The molecular formula is C18H20N4O2. The second-order valence-electron chi connectivity index (χ2n) is 5.88. The molecule has 3 aromatic rings. The number of carbonyl (C=O) groups excluding carboxylic acids is 1. The number of anilines is 1. The Labute approximate surface area is 140 Å². The molecule has 3 rings (SSSR count). The molecule has 0 bridgehead atoms.